The molecule has 1 N–H and O–H groups in total. The van der Waals surface area contributed by atoms with Gasteiger partial charge in [0.2, 0.25) is 15.9 Å². The number of anilines is 1. The van der Waals surface area contributed by atoms with Crippen LogP contribution in [0.15, 0.2) is 40.3 Å². The highest BCUT2D eigenvalue weighted by Crippen LogP contribution is 2.33. The normalized spacial score (nSPS) is 17.1. The molecule has 0 saturated carbocycles. The lowest BCUT2D eigenvalue weighted by molar-refractivity contribution is -0.116. The maximum absolute atomic E-state index is 13.0. The molecule has 3 aromatic rings. The molecule has 5 rings (SSSR count). The minimum absolute atomic E-state index is 0.163. The van der Waals surface area contributed by atoms with Crippen molar-refractivity contribution in [3.8, 4) is 0 Å². The van der Waals surface area contributed by atoms with E-state index in [1.54, 1.807) is 23.5 Å². The van der Waals surface area contributed by atoms with Gasteiger partial charge < -0.3 is 10.1 Å². The number of sulfonamides is 1. The van der Waals surface area contributed by atoms with Gasteiger partial charge >= 0.3 is 0 Å². The van der Waals surface area contributed by atoms with Gasteiger partial charge in [-0.15, -0.1) is 11.3 Å². The second kappa shape index (κ2) is 8.98. The van der Waals surface area contributed by atoms with Crippen LogP contribution in [0.25, 0.3) is 10.2 Å². The third kappa shape index (κ3) is 4.33. The van der Waals surface area contributed by atoms with Gasteiger partial charge in [0.15, 0.2) is 0 Å². The van der Waals surface area contributed by atoms with Crippen LogP contribution in [0, 0.1) is 0 Å². The van der Waals surface area contributed by atoms with Crippen LogP contribution in [-0.4, -0.2) is 54.5 Å². The van der Waals surface area contributed by atoms with Gasteiger partial charge in [-0.2, -0.15) is 4.31 Å². The van der Waals surface area contributed by atoms with Crippen molar-refractivity contribution in [2.45, 2.75) is 37.1 Å². The Bertz CT molecular complexity index is 1360. The van der Waals surface area contributed by atoms with Gasteiger partial charge in [0.1, 0.15) is 11.4 Å². The van der Waals surface area contributed by atoms with Crippen molar-refractivity contribution in [1.82, 2.24) is 13.9 Å². The summed E-state index contributed by atoms with van der Waals surface area (Å²) in [5.41, 5.74) is 1.35. The predicted octanol–water partition coefficient (Wildman–Crippen LogP) is 2.00. The SMILES string of the molecule is O=C(Cn1cnc2sc3c(c2c1=O)CCCC3)Nc1ccc(S(=O)(=O)N2CCOCC2)cc1. The molecule has 1 saturated heterocycles. The van der Waals surface area contributed by atoms with Gasteiger partial charge in [-0.25, -0.2) is 13.4 Å². The average molecular weight is 489 g/mol. The molecular formula is C22H24N4O5S2. The molecule has 1 amide bonds. The van der Waals surface area contributed by atoms with Crippen molar-refractivity contribution >= 4 is 43.2 Å². The Kier molecular flexibility index (Phi) is 6.04. The number of fused-ring (bicyclic) bond motifs is 3. The number of rotatable bonds is 5. The van der Waals surface area contributed by atoms with Crippen LogP contribution >= 0.6 is 11.3 Å². The summed E-state index contributed by atoms with van der Waals surface area (Å²) in [5, 5.41) is 3.37. The molecule has 2 aromatic heterocycles. The molecule has 33 heavy (non-hydrogen) atoms. The molecule has 1 aromatic carbocycles. The number of nitrogens with zero attached hydrogens (tertiary/aromatic N) is 3. The summed E-state index contributed by atoms with van der Waals surface area (Å²) in [6, 6.07) is 6.03. The Morgan fingerprint density at radius 1 is 1.12 bits per heavy atom. The highest BCUT2D eigenvalue weighted by molar-refractivity contribution is 7.89. The molecule has 0 atom stereocenters. The largest absolute Gasteiger partial charge is 0.379 e. The number of benzene rings is 1. The van der Waals surface area contributed by atoms with E-state index in [0.29, 0.717) is 37.4 Å². The summed E-state index contributed by atoms with van der Waals surface area (Å²) in [5.74, 6) is -0.383. The number of morpholine rings is 1. The zero-order valence-electron chi connectivity index (χ0n) is 18.0. The fraction of sp³-hybridized carbons (Fsp3) is 0.409. The van der Waals surface area contributed by atoms with E-state index in [0.717, 1.165) is 36.1 Å². The third-order valence-corrected chi connectivity index (χ3v) is 9.11. The summed E-state index contributed by atoms with van der Waals surface area (Å²) in [6.07, 6.45) is 5.47. The first-order valence-corrected chi connectivity index (χ1v) is 13.2. The Morgan fingerprint density at radius 2 is 1.85 bits per heavy atom. The summed E-state index contributed by atoms with van der Waals surface area (Å²) in [4.78, 5) is 32.2. The first kappa shape index (κ1) is 22.2. The summed E-state index contributed by atoms with van der Waals surface area (Å²) in [6.45, 7) is 1.23. The number of hydrogen-bond acceptors (Lipinski definition) is 7. The van der Waals surface area contributed by atoms with Gasteiger partial charge in [-0.3, -0.25) is 14.2 Å². The average Bonchev–Trinajstić information content (AvgIpc) is 3.21. The van der Waals surface area contributed by atoms with Crippen LogP contribution in [0.2, 0.25) is 0 Å². The van der Waals surface area contributed by atoms with Gasteiger partial charge in [0.25, 0.3) is 5.56 Å². The van der Waals surface area contributed by atoms with Crippen molar-refractivity contribution in [3.05, 3.63) is 51.4 Å². The number of carbonyl (C=O) groups is 1. The lowest BCUT2D eigenvalue weighted by atomic mass is 9.97. The van der Waals surface area contributed by atoms with Crippen molar-refractivity contribution in [3.63, 3.8) is 0 Å². The Hall–Kier alpha value is -2.60. The summed E-state index contributed by atoms with van der Waals surface area (Å²) >= 11 is 1.57. The highest BCUT2D eigenvalue weighted by Gasteiger charge is 2.26. The van der Waals surface area contributed by atoms with Crippen LogP contribution in [0.1, 0.15) is 23.3 Å². The Morgan fingerprint density at radius 3 is 2.61 bits per heavy atom. The maximum Gasteiger partial charge on any atom is 0.262 e. The van der Waals surface area contributed by atoms with E-state index in [1.165, 1.54) is 32.2 Å². The molecule has 1 aliphatic carbocycles. The van der Waals surface area contributed by atoms with Crippen LogP contribution in [0.3, 0.4) is 0 Å². The van der Waals surface area contributed by atoms with Gasteiger partial charge in [-0.1, -0.05) is 0 Å². The van der Waals surface area contributed by atoms with Gasteiger partial charge in [-0.05, 0) is 55.5 Å². The van der Waals surface area contributed by atoms with Crippen molar-refractivity contribution < 1.29 is 17.9 Å². The number of amides is 1. The van der Waals surface area contributed by atoms with E-state index in [4.69, 9.17) is 4.74 Å². The molecule has 0 spiro atoms. The second-order valence-corrected chi connectivity index (χ2v) is 11.2. The molecular weight excluding hydrogens is 464 g/mol. The lowest BCUT2D eigenvalue weighted by Crippen LogP contribution is -2.40. The highest BCUT2D eigenvalue weighted by atomic mass is 32.2. The van der Waals surface area contributed by atoms with E-state index in [2.05, 4.69) is 10.3 Å². The molecule has 11 heteroatoms. The number of aromatic nitrogens is 2. The molecule has 1 fully saturated rings. The minimum Gasteiger partial charge on any atom is -0.379 e. The van der Waals surface area contributed by atoms with E-state index in [-0.39, 0.29) is 22.9 Å². The smallest absolute Gasteiger partial charge is 0.262 e. The standard InChI is InChI=1S/C22H24N4O5S2/c27-19(13-25-14-23-21-20(22(25)28)17-3-1-2-4-18(17)32-21)24-15-5-7-16(8-6-15)33(29,30)26-9-11-31-12-10-26/h5-8,14H,1-4,9-13H2,(H,24,27). The molecule has 2 aliphatic rings. The topological polar surface area (TPSA) is 111 Å². The van der Waals surface area contributed by atoms with Crippen LogP contribution in [-0.2, 0) is 38.9 Å². The molecule has 9 nitrogen and oxygen atoms in total. The number of ether oxygens (including phenoxy) is 1. The predicted molar refractivity (Wildman–Crippen MR) is 125 cm³/mol. The Balaban J connectivity index is 1.30. The molecule has 1 aliphatic heterocycles. The van der Waals surface area contributed by atoms with Gasteiger partial charge in [0.05, 0.1) is 29.8 Å². The molecule has 174 valence electrons. The molecule has 0 unspecified atom stereocenters. The monoisotopic (exact) mass is 488 g/mol. The summed E-state index contributed by atoms with van der Waals surface area (Å²) < 4.78 is 33.4. The quantitative estimate of drug-likeness (QED) is 0.588. The van der Waals surface area contributed by atoms with E-state index < -0.39 is 10.0 Å². The summed E-state index contributed by atoms with van der Waals surface area (Å²) in [7, 11) is -3.60. The maximum atomic E-state index is 13.0. The minimum atomic E-state index is -3.60. The fourth-order valence-electron chi connectivity index (χ4n) is 4.30. The van der Waals surface area contributed by atoms with Crippen molar-refractivity contribution in [2.75, 3.05) is 31.6 Å². The van der Waals surface area contributed by atoms with Crippen LogP contribution in [0.4, 0.5) is 5.69 Å². The molecule has 0 radical (unpaired) electrons. The van der Waals surface area contributed by atoms with Crippen molar-refractivity contribution in [2.24, 2.45) is 0 Å². The van der Waals surface area contributed by atoms with Crippen LogP contribution < -0.4 is 10.9 Å². The number of aryl methyl sites for hydroxylation is 2. The van der Waals surface area contributed by atoms with Crippen molar-refractivity contribution in [1.29, 1.82) is 0 Å². The lowest BCUT2D eigenvalue weighted by Gasteiger charge is -2.26. The van der Waals surface area contributed by atoms with Crippen LogP contribution in [0.5, 0.6) is 0 Å². The second-order valence-electron chi connectivity index (χ2n) is 8.16. The number of carbonyl (C=O) groups excluding carboxylic acids is 1. The molecule has 0 bridgehead atoms. The van der Waals surface area contributed by atoms with E-state index >= 15 is 0 Å². The first-order chi connectivity index (χ1) is 15.9. The van der Waals surface area contributed by atoms with Gasteiger partial charge in [0, 0.05) is 23.7 Å². The first-order valence-electron chi connectivity index (χ1n) is 10.9. The number of hydrogen-bond donors (Lipinski definition) is 1. The molecule has 3 heterocycles. The number of nitrogens with one attached hydrogen (secondary N) is 1. The Labute approximate surface area is 195 Å². The number of thiophene rings is 1. The third-order valence-electron chi connectivity index (χ3n) is 6.00. The van der Waals surface area contributed by atoms with E-state index in [1.807, 2.05) is 0 Å². The fourth-order valence-corrected chi connectivity index (χ4v) is 6.92. The zero-order chi connectivity index (χ0) is 23.0. The zero-order valence-corrected chi connectivity index (χ0v) is 19.6. The van der Waals surface area contributed by atoms with E-state index in [9.17, 15) is 18.0 Å².